The molecule has 1 heterocycles. The highest BCUT2D eigenvalue weighted by molar-refractivity contribution is 7.90. The van der Waals surface area contributed by atoms with Gasteiger partial charge in [0.2, 0.25) is 0 Å². The molecule has 0 aliphatic rings. The summed E-state index contributed by atoms with van der Waals surface area (Å²) in [5.74, 6) is -0.807. The van der Waals surface area contributed by atoms with E-state index in [1.54, 1.807) is 24.3 Å². The molecule has 0 aliphatic carbocycles. The Bertz CT molecular complexity index is 1150. The van der Waals surface area contributed by atoms with Crippen LogP contribution in [0.1, 0.15) is 16.8 Å². The summed E-state index contributed by atoms with van der Waals surface area (Å²) >= 11 is 1.23. The zero-order valence-electron chi connectivity index (χ0n) is 16.8. The average Bonchev–Trinajstić information content (AvgIpc) is 3.09. The van der Waals surface area contributed by atoms with E-state index in [1.807, 2.05) is 19.0 Å². The van der Waals surface area contributed by atoms with Crippen molar-refractivity contribution in [2.45, 2.75) is 11.3 Å². The molecule has 0 saturated heterocycles. The minimum absolute atomic E-state index is 0. The van der Waals surface area contributed by atoms with Gasteiger partial charge >= 0.3 is 0 Å². The smallest absolute Gasteiger partial charge is 0.260 e. The quantitative estimate of drug-likeness (QED) is 0.523. The molecule has 0 aliphatic heterocycles. The van der Waals surface area contributed by atoms with Crippen molar-refractivity contribution in [2.75, 3.05) is 38.3 Å². The van der Waals surface area contributed by atoms with Gasteiger partial charge in [0, 0.05) is 18.4 Å². The number of nitrogens with zero attached hydrogens (tertiary/aromatic N) is 3. The number of fused-ring (bicyclic) bond motifs is 1. The lowest BCUT2D eigenvalue weighted by atomic mass is 10.2. The first-order valence-corrected chi connectivity index (χ1v) is 11.7. The number of carbonyl (C=O) groups is 1. The van der Waals surface area contributed by atoms with Crippen LogP contribution in [0.4, 0.5) is 9.52 Å². The number of hydrogen-bond acceptors (Lipinski definition) is 6. The standard InChI is InChI=1S/C20H22FN3O3S2.ClH/c1-23(2)11-6-12-24(20-22-18-16(21)9-5-10-17(18)28-20)19(25)14-7-4-8-15(13-14)29(3,26)27;/h4-5,7-10,13H,6,11-12H2,1-3H3;1H. The van der Waals surface area contributed by atoms with E-state index in [1.165, 1.54) is 34.4 Å². The van der Waals surface area contributed by atoms with Gasteiger partial charge in [0.05, 0.1) is 9.60 Å². The van der Waals surface area contributed by atoms with E-state index in [2.05, 4.69) is 4.98 Å². The van der Waals surface area contributed by atoms with Gasteiger partial charge in [-0.15, -0.1) is 12.4 Å². The van der Waals surface area contributed by atoms with Gasteiger partial charge in [-0.3, -0.25) is 9.69 Å². The van der Waals surface area contributed by atoms with E-state index in [0.717, 1.165) is 12.8 Å². The summed E-state index contributed by atoms with van der Waals surface area (Å²) in [6, 6.07) is 10.6. The Morgan fingerprint density at radius 2 is 1.83 bits per heavy atom. The molecule has 3 rings (SSSR count). The number of thiazole rings is 1. The summed E-state index contributed by atoms with van der Waals surface area (Å²) in [5, 5.41) is 0.388. The number of amides is 1. The van der Waals surface area contributed by atoms with Crippen molar-refractivity contribution in [2.24, 2.45) is 0 Å². The van der Waals surface area contributed by atoms with Gasteiger partial charge in [0.1, 0.15) is 11.3 Å². The Kier molecular flexibility index (Phi) is 7.93. The molecule has 162 valence electrons. The van der Waals surface area contributed by atoms with Crippen molar-refractivity contribution in [3.8, 4) is 0 Å². The monoisotopic (exact) mass is 471 g/mol. The molecule has 10 heteroatoms. The second-order valence-corrected chi connectivity index (χ2v) is 10.0. The molecule has 0 saturated carbocycles. The van der Waals surface area contributed by atoms with E-state index >= 15 is 0 Å². The molecule has 0 fully saturated rings. The number of para-hydroxylation sites is 1. The maximum Gasteiger partial charge on any atom is 0.260 e. The number of aromatic nitrogens is 1. The molecule has 6 nitrogen and oxygen atoms in total. The van der Waals surface area contributed by atoms with E-state index in [4.69, 9.17) is 0 Å². The van der Waals surface area contributed by atoms with Crippen molar-refractivity contribution in [3.05, 3.63) is 53.8 Å². The van der Waals surface area contributed by atoms with E-state index < -0.39 is 15.7 Å². The molecular weight excluding hydrogens is 449 g/mol. The predicted octanol–water partition coefficient (Wildman–Crippen LogP) is 3.86. The van der Waals surface area contributed by atoms with Gasteiger partial charge in [-0.25, -0.2) is 17.8 Å². The number of anilines is 1. The largest absolute Gasteiger partial charge is 0.309 e. The van der Waals surface area contributed by atoms with E-state index in [-0.39, 0.29) is 34.3 Å². The summed E-state index contributed by atoms with van der Waals surface area (Å²) in [6.07, 6.45) is 1.78. The second-order valence-electron chi connectivity index (χ2n) is 7.00. The van der Waals surface area contributed by atoms with Crippen LogP contribution >= 0.6 is 23.7 Å². The van der Waals surface area contributed by atoms with Gasteiger partial charge in [-0.05, 0) is 57.4 Å². The van der Waals surface area contributed by atoms with Gasteiger partial charge in [-0.2, -0.15) is 0 Å². The first kappa shape index (κ1) is 24.2. The maximum absolute atomic E-state index is 14.1. The first-order valence-electron chi connectivity index (χ1n) is 8.98. The third-order valence-electron chi connectivity index (χ3n) is 4.33. The lowest BCUT2D eigenvalue weighted by Crippen LogP contribution is -2.33. The molecule has 3 aromatic rings. The van der Waals surface area contributed by atoms with Crippen LogP contribution in [0.5, 0.6) is 0 Å². The molecule has 30 heavy (non-hydrogen) atoms. The summed E-state index contributed by atoms with van der Waals surface area (Å²) in [5.41, 5.74) is 0.473. The van der Waals surface area contributed by atoms with E-state index in [9.17, 15) is 17.6 Å². The third kappa shape index (κ3) is 5.54. The lowest BCUT2D eigenvalue weighted by Gasteiger charge is -2.21. The normalized spacial score (nSPS) is 11.5. The van der Waals surface area contributed by atoms with Crippen LogP contribution in [0.3, 0.4) is 0 Å². The molecule has 0 bridgehead atoms. The Morgan fingerprint density at radius 3 is 2.47 bits per heavy atom. The van der Waals surface area contributed by atoms with Crippen LogP contribution in [0.25, 0.3) is 10.2 Å². The van der Waals surface area contributed by atoms with Crippen molar-refractivity contribution in [1.82, 2.24) is 9.88 Å². The van der Waals surface area contributed by atoms with E-state index in [0.29, 0.717) is 22.8 Å². The zero-order valence-corrected chi connectivity index (χ0v) is 19.3. The van der Waals surface area contributed by atoms with Crippen molar-refractivity contribution >= 4 is 54.8 Å². The lowest BCUT2D eigenvalue weighted by molar-refractivity contribution is 0.0986. The third-order valence-corrected chi connectivity index (χ3v) is 6.48. The van der Waals surface area contributed by atoms with Crippen LogP contribution in [0.15, 0.2) is 47.4 Å². The Hall–Kier alpha value is -2.07. The highest BCUT2D eigenvalue weighted by Crippen LogP contribution is 2.31. The molecule has 0 N–H and O–H groups in total. The maximum atomic E-state index is 14.1. The van der Waals surface area contributed by atoms with Crippen LogP contribution in [0, 0.1) is 5.82 Å². The number of rotatable bonds is 7. The van der Waals surface area contributed by atoms with Crippen LogP contribution in [-0.4, -0.2) is 57.6 Å². The fourth-order valence-electron chi connectivity index (χ4n) is 2.86. The molecule has 1 amide bonds. The first-order chi connectivity index (χ1) is 13.7. The van der Waals surface area contributed by atoms with Crippen molar-refractivity contribution in [3.63, 3.8) is 0 Å². The minimum Gasteiger partial charge on any atom is -0.309 e. The number of carbonyl (C=O) groups excluding carboxylic acids is 1. The number of halogens is 2. The molecule has 0 unspecified atom stereocenters. The summed E-state index contributed by atoms with van der Waals surface area (Å²) in [4.78, 5) is 21.2. The van der Waals surface area contributed by atoms with Crippen molar-refractivity contribution in [1.29, 1.82) is 0 Å². The SMILES string of the molecule is CN(C)CCCN(C(=O)c1cccc(S(C)(=O)=O)c1)c1nc2c(F)cccc2s1.Cl. The van der Waals surface area contributed by atoms with Gasteiger partial charge in [-0.1, -0.05) is 23.5 Å². The Morgan fingerprint density at radius 1 is 1.13 bits per heavy atom. The van der Waals surface area contributed by atoms with Gasteiger partial charge in [0.15, 0.2) is 15.0 Å². The average molecular weight is 472 g/mol. The highest BCUT2D eigenvalue weighted by Gasteiger charge is 2.23. The molecular formula is C20H23ClFN3O3S2. The van der Waals surface area contributed by atoms with Crippen LogP contribution in [0.2, 0.25) is 0 Å². The highest BCUT2D eigenvalue weighted by atomic mass is 35.5. The predicted molar refractivity (Wildman–Crippen MR) is 121 cm³/mol. The van der Waals surface area contributed by atoms with Crippen LogP contribution in [-0.2, 0) is 9.84 Å². The molecule has 2 aromatic carbocycles. The van der Waals surface area contributed by atoms with Crippen molar-refractivity contribution < 1.29 is 17.6 Å². The molecule has 0 spiro atoms. The fourth-order valence-corrected chi connectivity index (χ4v) is 4.53. The summed E-state index contributed by atoms with van der Waals surface area (Å²) in [7, 11) is 0.435. The van der Waals surface area contributed by atoms with Gasteiger partial charge < -0.3 is 4.90 Å². The van der Waals surface area contributed by atoms with Crippen LogP contribution < -0.4 is 4.90 Å². The number of hydrogen-bond donors (Lipinski definition) is 0. The Labute approximate surface area is 185 Å². The van der Waals surface area contributed by atoms with Gasteiger partial charge in [0.25, 0.3) is 5.91 Å². The molecule has 1 aromatic heterocycles. The Balaban J connectivity index is 0.00000320. The second kappa shape index (κ2) is 9.82. The topological polar surface area (TPSA) is 70.6 Å². The fraction of sp³-hybridized carbons (Fsp3) is 0.300. The zero-order chi connectivity index (χ0) is 21.2. The molecule has 0 atom stereocenters. The summed E-state index contributed by atoms with van der Waals surface area (Å²) in [6.45, 7) is 1.13. The minimum atomic E-state index is -3.44. The number of benzene rings is 2. The molecule has 0 radical (unpaired) electrons. The number of sulfone groups is 1. The summed E-state index contributed by atoms with van der Waals surface area (Å²) < 4.78 is 38.5.